The normalized spacial score (nSPS) is 12.7. The van der Waals surface area contributed by atoms with Crippen molar-refractivity contribution in [1.29, 1.82) is 0 Å². The molecule has 3 aromatic rings. The van der Waals surface area contributed by atoms with Crippen LogP contribution in [0.4, 0.5) is 0 Å². The van der Waals surface area contributed by atoms with Gasteiger partial charge in [0.1, 0.15) is 5.82 Å². The SMILES string of the molecule is N[C@@H](COCc1ccccc1)c1nc2ccc(Cl)cc2[nH]1. The molecule has 0 saturated carbocycles. The number of nitrogens with two attached hydrogens (primary N) is 1. The molecule has 1 atom stereocenters. The molecular weight excluding hydrogens is 286 g/mol. The highest BCUT2D eigenvalue weighted by Crippen LogP contribution is 2.19. The number of aromatic nitrogens is 2. The molecule has 0 amide bonds. The molecule has 0 unspecified atom stereocenters. The molecule has 0 aliphatic carbocycles. The fourth-order valence-electron chi connectivity index (χ4n) is 2.13. The molecule has 3 N–H and O–H groups in total. The summed E-state index contributed by atoms with van der Waals surface area (Å²) >= 11 is 5.96. The Labute approximate surface area is 127 Å². The maximum atomic E-state index is 6.11. The van der Waals surface area contributed by atoms with Gasteiger partial charge in [-0.1, -0.05) is 41.9 Å². The van der Waals surface area contributed by atoms with E-state index in [2.05, 4.69) is 9.97 Å². The summed E-state index contributed by atoms with van der Waals surface area (Å²) in [6, 6.07) is 15.2. The van der Waals surface area contributed by atoms with Gasteiger partial charge < -0.3 is 15.5 Å². The Bertz CT molecular complexity index is 727. The number of imidazole rings is 1. The summed E-state index contributed by atoms with van der Waals surface area (Å²) < 4.78 is 5.64. The Balaban J connectivity index is 1.62. The number of hydrogen-bond donors (Lipinski definition) is 2. The van der Waals surface area contributed by atoms with E-state index in [-0.39, 0.29) is 6.04 Å². The van der Waals surface area contributed by atoms with Crippen LogP contribution in [0.3, 0.4) is 0 Å². The van der Waals surface area contributed by atoms with Crippen molar-refractivity contribution in [3.05, 3.63) is 64.9 Å². The topological polar surface area (TPSA) is 63.9 Å². The van der Waals surface area contributed by atoms with Crippen molar-refractivity contribution in [1.82, 2.24) is 9.97 Å². The Morgan fingerprint density at radius 1 is 1.19 bits per heavy atom. The highest BCUT2D eigenvalue weighted by molar-refractivity contribution is 6.31. The number of nitrogens with one attached hydrogen (secondary N) is 1. The molecule has 0 saturated heterocycles. The summed E-state index contributed by atoms with van der Waals surface area (Å²) in [5.74, 6) is 0.709. The largest absolute Gasteiger partial charge is 0.375 e. The molecule has 0 radical (unpaired) electrons. The second-order valence-electron chi connectivity index (χ2n) is 4.89. The van der Waals surface area contributed by atoms with E-state index in [9.17, 15) is 0 Å². The van der Waals surface area contributed by atoms with Gasteiger partial charge in [-0.2, -0.15) is 0 Å². The van der Waals surface area contributed by atoms with Crippen LogP contribution < -0.4 is 5.73 Å². The first-order chi connectivity index (χ1) is 10.2. The van der Waals surface area contributed by atoms with Gasteiger partial charge in [-0.15, -0.1) is 0 Å². The van der Waals surface area contributed by atoms with Crippen molar-refractivity contribution in [2.75, 3.05) is 6.61 Å². The van der Waals surface area contributed by atoms with E-state index in [1.807, 2.05) is 48.5 Å². The van der Waals surface area contributed by atoms with Crippen LogP contribution in [0.25, 0.3) is 11.0 Å². The van der Waals surface area contributed by atoms with Crippen molar-refractivity contribution in [2.45, 2.75) is 12.6 Å². The quantitative estimate of drug-likeness (QED) is 0.759. The third-order valence-electron chi connectivity index (χ3n) is 3.22. The lowest BCUT2D eigenvalue weighted by Crippen LogP contribution is -2.18. The molecule has 1 aromatic heterocycles. The molecule has 0 bridgehead atoms. The highest BCUT2D eigenvalue weighted by atomic mass is 35.5. The first-order valence-electron chi connectivity index (χ1n) is 6.75. The van der Waals surface area contributed by atoms with E-state index >= 15 is 0 Å². The molecule has 5 heteroatoms. The number of halogens is 1. The number of ether oxygens (including phenoxy) is 1. The molecule has 21 heavy (non-hydrogen) atoms. The lowest BCUT2D eigenvalue weighted by atomic mass is 10.2. The van der Waals surface area contributed by atoms with E-state index in [4.69, 9.17) is 22.1 Å². The molecule has 0 spiro atoms. The average Bonchev–Trinajstić information content (AvgIpc) is 2.91. The average molecular weight is 302 g/mol. The van der Waals surface area contributed by atoms with Crippen molar-refractivity contribution in [2.24, 2.45) is 5.73 Å². The second kappa shape index (κ2) is 6.26. The van der Waals surface area contributed by atoms with E-state index in [1.165, 1.54) is 0 Å². The number of hydrogen-bond acceptors (Lipinski definition) is 3. The summed E-state index contributed by atoms with van der Waals surface area (Å²) in [7, 11) is 0. The maximum absolute atomic E-state index is 6.11. The number of benzene rings is 2. The van der Waals surface area contributed by atoms with Crippen LogP contribution in [0.15, 0.2) is 48.5 Å². The van der Waals surface area contributed by atoms with E-state index in [0.29, 0.717) is 24.1 Å². The minimum absolute atomic E-state index is 0.292. The lowest BCUT2D eigenvalue weighted by molar-refractivity contribution is 0.106. The zero-order chi connectivity index (χ0) is 14.7. The monoisotopic (exact) mass is 301 g/mol. The summed E-state index contributed by atoms with van der Waals surface area (Å²) in [6.45, 7) is 0.947. The fourth-order valence-corrected chi connectivity index (χ4v) is 2.31. The number of aromatic amines is 1. The minimum atomic E-state index is -0.292. The molecule has 2 aromatic carbocycles. The molecule has 0 aliphatic rings. The smallest absolute Gasteiger partial charge is 0.126 e. The number of nitrogens with zero attached hydrogens (tertiary/aromatic N) is 1. The Morgan fingerprint density at radius 2 is 2.00 bits per heavy atom. The molecular formula is C16H16ClN3O. The maximum Gasteiger partial charge on any atom is 0.126 e. The van der Waals surface area contributed by atoms with E-state index in [0.717, 1.165) is 16.6 Å². The molecule has 108 valence electrons. The van der Waals surface area contributed by atoms with E-state index < -0.39 is 0 Å². The number of fused-ring (bicyclic) bond motifs is 1. The highest BCUT2D eigenvalue weighted by Gasteiger charge is 2.11. The summed E-state index contributed by atoms with van der Waals surface area (Å²) in [5.41, 5.74) is 8.98. The van der Waals surface area contributed by atoms with Crippen LogP contribution in [0.1, 0.15) is 17.4 Å². The van der Waals surface area contributed by atoms with Gasteiger partial charge in [0.2, 0.25) is 0 Å². The van der Waals surface area contributed by atoms with Crippen molar-refractivity contribution < 1.29 is 4.74 Å². The molecule has 0 aliphatic heterocycles. The first-order valence-corrected chi connectivity index (χ1v) is 7.12. The molecule has 3 rings (SSSR count). The minimum Gasteiger partial charge on any atom is -0.375 e. The van der Waals surface area contributed by atoms with Crippen molar-refractivity contribution in [3.8, 4) is 0 Å². The van der Waals surface area contributed by atoms with Gasteiger partial charge in [-0.25, -0.2) is 4.98 Å². The summed E-state index contributed by atoms with van der Waals surface area (Å²) in [4.78, 5) is 7.64. The third-order valence-corrected chi connectivity index (χ3v) is 3.46. The second-order valence-corrected chi connectivity index (χ2v) is 5.33. The van der Waals surface area contributed by atoms with Gasteiger partial charge >= 0.3 is 0 Å². The van der Waals surface area contributed by atoms with E-state index in [1.54, 1.807) is 0 Å². The zero-order valence-electron chi connectivity index (χ0n) is 11.4. The Kier molecular flexibility index (Phi) is 4.20. The number of H-pyrrole nitrogens is 1. The van der Waals surface area contributed by atoms with Gasteiger partial charge in [0.25, 0.3) is 0 Å². The van der Waals surface area contributed by atoms with Crippen LogP contribution in [0.5, 0.6) is 0 Å². The van der Waals surface area contributed by atoms with Gasteiger partial charge in [0.05, 0.1) is 30.3 Å². The van der Waals surface area contributed by atoms with Crippen LogP contribution >= 0.6 is 11.6 Å². The standard InChI is InChI=1S/C16H16ClN3O/c17-12-6-7-14-15(8-12)20-16(19-14)13(18)10-21-9-11-4-2-1-3-5-11/h1-8,13H,9-10,18H2,(H,19,20)/t13-/m0/s1. The van der Waals surface area contributed by atoms with Crippen LogP contribution in [0, 0.1) is 0 Å². The van der Waals surface area contributed by atoms with Crippen LogP contribution in [-0.4, -0.2) is 16.6 Å². The number of rotatable bonds is 5. The van der Waals surface area contributed by atoms with Gasteiger partial charge in [-0.05, 0) is 23.8 Å². The third kappa shape index (κ3) is 3.42. The van der Waals surface area contributed by atoms with Crippen LogP contribution in [0.2, 0.25) is 5.02 Å². The summed E-state index contributed by atoms with van der Waals surface area (Å²) in [5, 5.41) is 0.673. The molecule has 1 heterocycles. The molecule has 4 nitrogen and oxygen atoms in total. The fraction of sp³-hybridized carbons (Fsp3) is 0.188. The first kappa shape index (κ1) is 14.1. The lowest BCUT2D eigenvalue weighted by Gasteiger charge is -2.09. The predicted octanol–water partition coefficient (Wildman–Crippen LogP) is 3.43. The molecule has 0 fully saturated rings. The Morgan fingerprint density at radius 3 is 2.81 bits per heavy atom. The van der Waals surface area contributed by atoms with Crippen molar-refractivity contribution >= 4 is 22.6 Å². The summed E-state index contributed by atoms with van der Waals surface area (Å²) in [6.07, 6.45) is 0. The zero-order valence-corrected chi connectivity index (χ0v) is 12.2. The van der Waals surface area contributed by atoms with Crippen molar-refractivity contribution in [3.63, 3.8) is 0 Å². The van der Waals surface area contributed by atoms with Gasteiger partial charge in [0.15, 0.2) is 0 Å². The van der Waals surface area contributed by atoms with Crippen LogP contribution in [-0.2, 0) is 11.3 Å². The van der Waals surface area contributed by atoms with Gasteiger partial charge in [-0.3, -0.25) is 0 Å². The Hall–Kier alpha value is -1.88. The van der Waals surface area contributed by atoms with Gasteiger partial charge in [0, 0.05) is 5.02 Å². The predicted molar refractivity (Wildman–Crippen MR) is 84.1 cm³/mol.